The fourth-order valence-corrected chi connectivity index (χ4v) is 2.72. The Morgan fingerprint density at radius 3 is 3.25 bits per heavy atom. The first-order chi connectivity index (χ1) is 5.83. The summed E-state index contributed by atoms with van der Waals surface area (Å²) in [5, 5.41) is 2.11. The van der Waals surface area contributed by atoms with Crippen LogP contribution in [0.4, 0.5) is 0 Å². The van der Waals surface area contributed by atoms with E-state index >= 15 is 0 Å². The minimum Gasteiger partial charge on any atom is -0.379 e. The fraction of sp³-hybridized carbons (Fsp3) is 0.556. The third-order valence-electron chi connectivity index (χ3n) is 2.50. The van der Waals surface area contributed by atoms with E-state index in [1.807, 2.05) is 0 Å². The Morgan fingerprint density at radius 1 is 1.67 bits per heavy atom. The quantitative estimate of drug-likeness (QED) is 0.719. The van der Waals surface area contributed by atoms with Crippen molar-refractivity contribution in [3.8, 4) is 0 Å². The van der Waals surface area contributed by atoms with Gasteiger partial charge in [-0.3, -0.25) is 0 Å². The van der Waals surface area contributed by atoms with Crippen molar-refractivity contribution in [2.75, 3.05) is 7.11 Å². The normalized spacial score (nSPS) is 28.5. The molecule has 0 saturated heterocycles. The molecule has 0 fully saturated rings. The van der Waals surface area contributed by atoms with E-state index in [0.29, 0.717) is 0 Å². The van der Waals surface area contributed by atoms with Crippen LogP contribution >= 0.6 is 11.3 Å². The van der Waals surface area contributed by atoms with E-state index in [2.05, 4.69) is 11.4 Å². The molecule has 3 heteroatoms. The molecule has 0 radical (unpaired) electrons. The number of nitrogens with two attached hydrogens (primary N) is 1. The predicted molar refractivity (Wildman–Crippen MR) is 50.4 cm³/mol. The lowest BCUT2D eigenvalue weighted by molar-refractivity contribution is 0.0685. The van der Waals surface area contributed by atoms with Crippen molar-refractivity contribution in [3.63, 3.8) is 0 Å². The molecular weight excluding hydrogens is 170 g/mol. The highest BCUT2D eigenvalue weighted by molar-refractivity contribution is 7.10. The van der Waals surface area contributed by atoms with Crippen LogP contribution in [-0.4, -0.2) is 13.2 Å². The Labute approximate surface area is 76.3 Å². The van der Waals surface area contributed by atoms with Gasteiger partial charge in [0, 0.05) is 12.0 Å². The average molecular weight is 183 g/mol. The molecular formula is C9H13NOS. The zero-order chi connectivity index (χ0) is 8.55. The second kappa shape index (κ2) is 3.17. The standard InChI is InChI=1S/C9H13NOS/c1-11-7-2-3-8-6(9(7)10)4-5-12-8/h4-5,7,9H,2-3,10H2,1H3. The van der Waals surface area contributed by atoms with E-state index in [9.17, 15) is 0 Å². The molecule has 0 amide bonds. The number of methoxy groups -OCH3 is 1. The van der Waals surface area contributed by atoms with E-state index < -0.39 is 0 Å². The van der Waals surface area contributed by atoms with Crippen LogP contribution in [0.3, 0.4) is 0 Å². The molecule has 0 aromatic carbocycles. The van der Waals surface area contributed by atoms with Gasteiger partial charge in [0.25, 0.3) is 0 Å². The number of hydrogen-bond acceptors (Lipinski definition) is 3. The Morgan fingerprint density at radius 2 is 2.50 bits per heavy atom. The zero-order valence-corrected chi connectivity index (χ0v) is 7.93. The molecule has 1 aromatic rings. The summed E-state index contributed by atoms with van der Waals surface area (Å²) in [6, 6.07) is 2.21. The van der Waals surface area contributed by atoms with Crippen molar-refractivity contribution in [2.24, 2.45) is 5.73 Å². The average Bonchev–Trinajstić information content (AvgIpc) is 2.53. The van der Waals surface area contributed by atoms with Gasteiger partial charge in [-0.2, -0.15) is 0 Å². The maximum atomic E-state index is 6.03. The molecule has 2 nitrogen and oxygen atoms in total. The maximum absolute atomic E-state index is 6.03. The fourth-order valence-electron chi connectivity index (χ4n) is 1.77. The maximum Gasteiger partial charge on any atom is 0.0767 e. The minimum atomic E-state index is 0.0880. The van der Waals surface area contributed by atoms with E-state index in [1.54, 1.807) is 18.4 Å². The van der Waals surface area contributed by atoms with Crippen LogP contribution in [0.1, 0.15) is 22.9 Å². The number of aryl methyl sites for hydroxylation is 1. The first-order valence-corrected chi connectivity index (χ1v) is 5.05. The van der Waals surface area contributed by atoms with Crippen molar-refractivity contribution in [2.45, 2.75) is 25.0 Å². The summed E-state index contributed by atoms with van der Waals surface area (Å²) >= 11 is 1.81. The van der Waals surface area contributed by atoms with Crippen molar-refractivity contribution in [3.05, 3.63) is 21.9 Å². The van der Waals surface area contributed by atoms with Crippen molar-refractivity contribution in [1.29, 1.82) is 0 Å². The molecule has 2 unspecified atom stereocenters. The van der Waals surface area contributed by atoms with Crippen LogP contribution in [0.2, 0.25) is 0 Å². The van der Waals surface area contributed by atoms with E-state index in [4.69, 9.17) is 10.5 Å². The summed E-state index contributed by atoms with van der Waals surface area (Å²) < 4.78 is 5.31. The molecule has 1 heterocycles. The Kier molecular flexibility index (Phi) is 2.17. The van der Waals surface area contributed by atoms with Gasteiger partial charge in [-0.05, 0) is 29.9 Å². The predicted octanol–water partition coefficient (Wildman–Crippen LogP) is 1.71. The molecule has 1 aliphatic carbocycles. The summed E-state index contributed by atoms with van der Waals surface area (Å²) in [6.45, 7) is 0. The second-order valence-corrected chi connectivity index (χ2v) is 4.14. The largest absolute Gasteiger partial charge is 0.379 e. The van der Waals surface area contributed by atoms with E-state index in [-0.39, 0.29) is 12.1 Å². The van der Waals surface area contributed by atoms with Crippen LogP contribution in [0.25, 0.3) is 0 Å². The zero-order valence-electron chi connectivity index (χ0n) is 7.12. The topological polar surface area (TPSA) is 35.2 Å². The van der Waals surface area contributed by atoms with Gasteiger partial charge in [-0.1, -0.05) is 0 Å². The Balaban J connectivity index is 2.29. The highest BCUT2D eigenvalue weighted by Gasteiger charge is 2.26. The van der Waals surface area contributed by atoms with Crippen molar-refractivity contribution < 1.29 is 4.74 Å². The van der Waals surface area contributed by atoms with Crippen molar-refractivity contribution in [1.82, 2.24) is 0 Å². The van der Waals surface area contributed by atoms with Gasteiger partial charge >= 0.3 is 0 Å². The Bertz CT molecular complexity index is 271. The first kappa shape index (κ1) is 8.23. The van der Waals surface area contributed by atoms with Crippen LogP contribution in [-0.2, 0) is 11.2 Å². The van der Waals surface area contributed by atoms with Gasteiger partial charge in [0.1, 0.15) is 0 Å². The molecule has 2 atom stereocenters. The number of rotatable bonds is 1. The summed E-state index contributed by atoms with van der Waals surface area (Å²) in [7, 11) is 1.74. The number of ether oxygens (including phenoxy) is 1. The smallest absolute Gasteiger partial charge is 0.0767 e. The summed E-state index contributed by atoms with van der Waals surface area (Å²) in [6.07, 6.45) is 2.40. The number of fused-ring (bicyclic) bond motifs is 1. The molecule has 1 aliphatic rings. The molecule has 2 N–H and O–H groups in total. The molecule has 66 valence electrons. The van der Waals surface area contributed by atoms with Gasteiger partial charge < -0.3 is 10.5 Å². The molecule has 12 heavy (non-hydrogen) atoms. The SMILES string of the molecule is COC1CCc2sccc2C1N. The third kappa shape index (κ3) is 1.18. The molecule has 0 aliphatic heterocycles. The van der Waals surface area contributed by atoms with Crippen LogP contribution in [0.5, 0.6) is 0 Å². The lowest BCUT2D eigenvalue weighted by Crippen LogP contribution is -2.31. The number of hydrogen-bond donors (Lipinski definition) is 1. The molecule has 1 aromatic heterocycles. The first-order valence-electron chi connectivity index (χ1n) is 4.17. The molecule has 0 saturated carbocycles. The van der Waals surface area contributed by atoms with Crippen LogP contribution < -0.4 is 5.73 Å². The third-order valence-corrected chi connectivity index (χ3v) is 3.49. The summed E-state index contributed by atoms with van der Waals surface area (Å²) in [5.74, 6) is 0. The van der Waals surface area contributed by atoms with Crippen LogP contribution in [0.15, 0.2) is 11.4 Å². The minimum absolute atomic E-state index is 0.0880. The van der Waals surface area contributed by atoms with E-state index in [1.165, 1.54) is 10.4 Å². The van der Waals surface area contributed by atoms with Gasteiger partial charge in [0.15, 0.2) is 0 Å². The molecule has 2 rings (SSSR count). The van der Waals surface area contributed by atoms with Gasteiger partial charge in [-0.15, -0.1) is 11.3 Å². The highest BCUT2D eigenvalue weighted by atomic mass is 32.1. The van der Waals surface area contributed by atoms with Crippen LogP contribution in [0, 0.1) is 0 Å². The van der Waals surface area contributed by atoms with E-state index in [0.717, 1.165) is 12.8 Å². The van der Waals surface area contributed by atoms with Gasteiger partial charge in [-0.25, -0.2) is 0 Å². The molecule has 0 bridgehead atoms. The monoisotopic (exact) mass is 183 g/mol. The second-order valence-electron chi connectivity index (χ2n) is 3.14. The highest BCUT2D eigenvalue weighted by Crippen LogP contribution is 2.33. The summed E-state index contributed by atoms with van der Waals surface area (Å²) in [5.41, 5.74) is 7.32. The van der Waals surface area contributed by atoms with Gasteiger partial charge in [0.2, 0.25) is 0 Å². The molecule has 0 spiro atoms. The lowest BCUT2D eigenvalue weighted by Gasteiger charge is -2.27. The number of thiophene rings is 1. The van der Waals surface area contributed by atoms with Crippen molar-refractivity contribution >= 4 is 11.3 Å². The Hall–Kier alpha value is -0.380. The summed E-state index contributed by atoms with van der Waals surface area (Å²) in [4.78, 5) is 1.44. The lowest BCUT2D eigenvalue weighted by atomic mass is 9.92. The van der Waals surface area contributed by atoms with Gasteiger partial charge in [0.05, 0.1) is 12.1 Å².